The number of benzene rings is 1. The van der Waals surface area contributed by atoms with Gasteiger partial charge in [0.1, 0.15) is 10.9 Å². The van der Waals surface area contributed by atoms with E-state index < -0.39 is 0 Å². The Morgan fingerprint density at radius 1 is 1.38 bits per heavy atom. The summed E-state index contributed by atoms with van der Waals surface area (Å²) in [7, 11) is 0. The summed E-state index contributed by atoms with van der Waals surface area (Å²) < 4.78 is 2.17. The number of rotatable bonds is 1. The van der Waals surface area contributed by atoms with Gasteiger partial charge in [-0.15, -0.1) is 11.3 Å². The van der Waals surface area contributed by atoms with E-state index in [1.54, 1.807) is 0 Å². The molecule has 0 aliphatic heterocycles. The molecule has 16 heavy (non-hydrogen) atoms. The van der Waals surface area contributed by atoms with Crippen LogP contribution in [0.2, 0.25) is 0 Å². The van der Waals surface area contributed by atoms with Crippen molar-refractivity contribution in [1.29, 1.82) is 5.26 Å². The molecule has 0 aliphatic rings. The van der Waals surface area contributed by atoms with Gasteiger partial charge in [-0.1, -0.05) is 15.9 Å². The first-order valence-corrected chi connectivity index (χ1v) is 7.05. The quantitative estimate of drug-likeness (QED) is 0.722. The summed E-state index contributed by atoms with van der Waals surface area (Å²) in [6.07, 6.45) is 0. The second-order valence-electron chi connectivity index (χ2n) is 3.13. The van der Waals surface area contributed by atoms with Gasteiger partial charge in [0.25, 0.3) is 0 Å². The van der Waals surface area contributed by atoms with Crippen molar-refractivity contribution >= 4 is 55.5 Å². The highest BCUT2D eigenvalue weighted by Crippen LogP contribution is 2.36. The van der Waals surface area contributed by atoms with Crippen LogP contribution in [0.4, 0.5) is 5.69 Å². The molecular formula is C11H6BrIN2S. The molecule has 2 aromatic rings. The highest BCUT2D eigenvalue weighted by molar-refractivity contribution is 14.1. The van der Waals surface area contributed by atoms with Crippen LogP contribution >= 0.6 is 49.9 Å². The van der Waals surface area contributed by atoms with Crippen LogP contribution in [0.1, 0.15) is 4.88 Å². The minimum absolute atomic E-state index is 0.554. The van der Waals surface area contributed by atoms with Crippen molar-refractivity contribution in [2.45, 2.75) is 0 Å². The molecule has 2 N–H and O–H groups in total. The lowest BCUT2D eigenvalue weighted by Gasteiger charge is -2.01. The van der Waals surface area contributed by atoms with Gasteiger partial charge in [-0.25, -0.2) is 0 Å². The van der Waals surface area contributed by atoms with E-state index in [4.69, 9.17) is 11.0 Å². The van der Waals surface area contributed by atoms with Crippen molar-refractivity contribution in [3.05, 3.63) is 37.2 Å². The first-order valence-electron chi connectivity index (χ1n) is 4.36. The minimum atomic E-state index is 0.554. The van der Waals surface area contributed by atoms with Gasteiger partial charge in [0.15, 0.2) is 0 Å². The number of nitriles is 1. The number of nitrogens with zero attached hydrogens (tertiary/aromatic N) is 1. The van der Waals surface area contributed by atoms with Crippen molar-refractivity contribution in [2.24, 2.45) is 0 Å². The fourth-order valence-corrected chi connectivity index (χ4v) is 3.39. The molecule has 0 saturated carbocycles. The maximum Gasteiger partial charge on any atom is 0.128 e. The summed E-state index contributed by atoms with van der Waals surface area (Å²) in [5, 5.41) is 8.87. The Labute approximate surface area is 119 Å². The zero-order valence-corrected chi connectivity index (χ0v) is 12.6. The molecule has 1 heterocycles. The molecule has 0 radical (unpaired) electrons. The molecule has 5 heteroatoms. The molecule has 0 aliphatic carbocycles. The predicted octanol–water partition coefficient (Wildman–Crippen LogP) is 4.24. The third-order valence-corrected chi connectivity index (χ3v) is 4.58. The van der Waals surface area contributed by atoms with Crippen LogP contribution in [0.5, 0.6) is 0 Å². The van der Waals surface area contributed by atoms with Gasteiger partial charge >= 0.3 is 0 Å². The van der Waals surface area contributed by atoms with Crippen LogP contribution in [0.25, 0.3) is 10.4 Å². The van der Waals surface area contributed by atoms with E-state index in [1.807, 2.05) is 24.3 Å². The smallest absolute Gasteiger partial charge is 0.128 e. The molecular weight excluding hydrogens is 399 g/mol. The van der Waals surface area contributed by atoms with Crippen LogP contribution in [-0.4, -0.2) is 0 Å². The van der Waals surface area contributed by atoms with Crippen LogP contribution in [0.3, 0.4) is 0 Å². The highest BCUT2D eigenvalue weighted by atomic mass is 127. The predicted molar refractivity (Wildman–Crippen MR) is 79.3 cm³/mol. The molecule has 0 spiro atoms. The molecule has 0 amide bonds. The Kier molecular flexibility index (Phi) is 3.52. The van der Waals surface area contributed by atoms with E-state index in [0.29, 0.717) is 10.6 Å². The average molecular weight is 405 g/mol. The van der Waals surface area contributed by atoms with Gasteiger partial charge in [-0.05, 0) is 46.9 Å². The molecule has 2 nitrogen and oxygen atoms in total. The number of nitrogen functional groups attached to an aromatic ring is 1. The zero-order valence-electron chi connectivity index (χ0n) is 8.00. The lowest BCUT2D eigenvalue weighted by Crippen LogP contribution is -1.82. The number of halogens is 2. The molecule has 0 unspecified atom stereocenters. The Bertz CT molecular complexity index is 586. The number of anilines is 1. The van der Waals surface area contributed by atoms with Crippen molar-refractivity contribution in [3.8, 4) is 16.5 Å². The summed E-state index contributed by atoms with van der Waals surface area (Å²) in [6.45, 7) is 0. The van der Waals surface area contributed by atoms with Gasteiger partial charge in [0.2, 0.25) is 0 Å². The molecule has 1 aromatic carbocycles. The van der Waals surface area contributed by atoms with E-state index in [0.717, 1.165) is 18.5 Å². The zero-order chi connectivity index (χ0) is 11.7. The molecule has 80 valence electrons. The maximum absolute atomic E-state index is 8.87. The lowest BCUT2D eigenvalue weighted by molar-refractivity contribution is 1.52. The van der Waals surface area contributed by atoms with Gasteiger partial charge in [-0.3, -0.25) is 0 Å². The van der Waals surface area contributed by atoms with Gasteiger partial charge in [0, 0.05) is 18.5 Å². The molecule has 0 atom stereocenters. The molecule has 0 bridgehead atoms. The third-order valence-electron chi connectivity index (χ3n) is 2.06. The van der Waals surface area contributed by atoms with Gasteiger partial charge in [0.05, 0.1) is 5.69 Å². The molecule has 0 saturated heterocycles. The Morgan fingerprint density at radius 3 is 2.75 bits per heavy atom. The van der Waals surface area contributed by atoms with Crippen LogP contribution in [0, 0.1) is 14.9 Å². The molecule has 2 rings (SSSR count). The fraction of sp³-hybridized carbons (Fsp3) is 0. The highest BCUT2D eigenvalue weighted by Gasteiger charge is 2.10. The van der Waals surface area contributed by atoms with Gasteiger partial charge < -0.3 is 5.73 Å². The van der Waals surface area contributed by atoms with Crippen molar-refractivity contribution in [3.63, 3.8) is 0 Å². The SMILES string of the molecule is N#Cc1sc(-c2cc(Br)ccc2I)cc1N. The topological polar surface area (TPSA) is 49.8 Å². The van der Waals surface area contributed by atoms with E-state index in [2.05, 4.69) is 44.6 Å². The van der Waals surface area contributed by atoms with Crippen molar-refractivity contribution in [2.75, 3.05) is 5.73 Å². The van der Waals surface area contributed by atoms with Gasteiger partial charge in [-0.2, -0.15) is 5.26 Å². The summed E-state index contributed by atoms with van der Waals surface area (Å²) in [4.78, 5) is 1.60. The van der Waals surface area contributed by atoms with Crippen molar-refractivity contribution in [1.82, 2.24) is 0 Å². The summed E-state index contributed by atoms with van der Waals surface area (Å²) >= 11 is 7.14. The van der Waals surface area contributed by atoms with Crippen LogP contribution in [-0.2, 0) is 0 Å². The van der Waals surface area contributed by atoms with Crippen LogP contribution in [0.15, 0.2) is 28.7 Å². The normalized spacial score (nSPS) is 10.1. The van der Waals surface area contributed by atoms with E-state index >= 15 is 0 Å². The number of nitrogens with two attached hydrogens (primary N) is 1. The number of thiophene rings is 1. The molecule has 0 fully saturated rings. The minimum Gasteiger partial charge on any atom is -0.397 e. The summed E-state index contributed by atoms with van der Waals surface area (Å²) in [5.74, 6) is 0. The second-order valence-corrected chi connectivity index (χ2v) is 6.26. The maximum atomic E-state index is 8.87. The van der Waals surface area contributed by atoms with E-state index in [9.17, 15) is 0 Å². The average Bonchev–Trinajstić information content (AvgIpc) is 2.63. The van der Waals surface area contributed by atoms with E-state index in [-0.39, 0.29) is 0 Å². The van der Waals surface area contributed by atoms with E-state index in [1.165, 1.54) is 11.3 Å². The fourth-order valence-electron chi connectivity index (χ4n) is 1.31. The molecule has 1 aromatic heterocycles. The number of hydrogen-bond acceptors (Lipinski definition) is 3. The monoisotopic (exact) mass is 404 g/mol. The van der Waals surface area contributed by atoms with Crippen LogP contribution < -0.4 is 5.73 Å². The second kappa shape index (κ2) is 4.73. The summed E-state index contributed by atoms with van der Waals surface area (Å²) in [6, 6.07) is 10.0. The Balaban J connectivity index is 2.59. The standard InChI is InChI=1S/C11H6BrIN2S/c12-6-1-2-8(13)7(3-6)10-4-9(15)11(5-14)16-10/h1-4H,15H2. The first-order chi connectivity index (χ1) is 7.61. The number of hydrogen-bond donors (Lipinski definition) is 1. The Hall–Kier alpha value is -0.580. The summed E-state index contributed by atoms with van der Waals surface area (Å²) in [5.41, 5.74) is 7.41. The third kappa shape index (κ3) is 2.24. The first kappa shape index (κ1) is 11.9. The Morgan fingerprint density at radius 2 is 2.12 bits per heavy atom. The van der Waals surface area contributed by atoms with Crippen molar-refractivity contribution < 1.29 is 0 Å². The lowest BCUT2D eigenvalue weighted by atomic mass is 10.2. The largest absolute Gasteiger partial charge is 0.397 e.